The molecule has 0 fully saturated rings. The quantitative estimate of drug-likeness (QED) is 0.0222. The van der Waals surface area contributed by atoms with E-state index in [9.17, 15) is 43.2 Å². The molecule has 0 aromatic carbocycles. The Morgan fingerprint density at radius 3 is 0.747 bits per heavy atom. The molecule has 0 aromatic rings. The van der Waals surface area contributed by atoms with E-state index in [1.165, 1.54) is 122 Å². The van der Waals surface area contributed by atoms with Crippen molar-refractivity contribution in [1.82, 2.24) is 0 Å². The Morgan fingerprint density at radius 1 is 0.304 bits per heavy atom. The number of hydrogen-bond acceptors (Lipinski definition) is 15. The summed E-state index contributed by atoms with van der Waals surface area (Å²) in [6.45, 7) is 4.75. The van der Waals surface area contributed by atoms with Crippen molar-refractivity contribution >= 4 is 39.5 Å². The SMILES string of the molecule is CCCCCCCCCCCCCCCCC(=O)O[C@H](COC(=O)CCCCCCCCCCCCCC)COP(=O)(O)OC[C@@H](O)COP(=O)(O)OC[C@@H](COC(=O)CCCCCCC)OC(=O)CCCCCCCCCC. The second-order valence-corrected chi connectivity index (χ2v) is 24.6. The topological polar surface area (TPSA) is 237 Å². The van der Waals surface area contributed by atoms with Crippen molar-refractivity contribution in [3.8, 4) is 0 Å². The van der Waals surface area contributed by atoms with Crippen LogP contribution < -0.4 is 0 Å². The first kappa shape index (κ1) is 77.1. The molecule has 0 spiro atoms. The monoisotopic (exact) mass is 1170 g/mol. The van der Waals surface area contributed by atoms with Gasteiger partial charge in [-0.15, -0.1) is 0 Å². The van der Waals surface area contributed by atoms with E-state index >= 15 is 0 Å². The van der Waals surface area contributed by atoms with Gasteiger partial charge in [-0.25, -0.2) is 9.13 Å². The highest BCUT2D eigenvalue weighted by Crippen LogP contribution is 2.45. The Balaban J connectivity index is 5.16. The number of hydrogen-bond donors (Lipinski definition) is 3. The summed E-state index contributed by atoms with van der Waals surface area (Å²) >= 11 is 0. The zero-order valence-corrected chi connectivity index (χ0v) is 52.1. The average molecular weight is 1170 g/mol. The summed E-state index contributed by atoms with van der Waals surface area (Å²) in [5.74, 6) is -2.15. The summed E-state index contributed by atoms with van der Waals surface area (Å²) in [4.78, 5) is 71.7. The van der Waals surface area contributed by atoms with Crippen molar-refractivity contribution in [2.45, 2.75) is 322 Å². The molecule has 5 atom stereocenters. The molecule has 0 aromatic heterocycles. The van der Waals surface area contributed by atoms with E-state index < -0.39 is 97.5 Å². The van der Waals surface area contributed by atoms with Gasteiger partial charge >= 0.3 is 39.5 Å². The van der Waals surface area contributed by atoms with Crippen molar-refractivity contribution in [1.29, 1.82) is 0 Å². The number of phosphoric acid groups is 2. The van der Waals surface area contributed by atoms with Gasteiger partial charge in [-0.05, 0) is 25.7 Å². The van der Waals surface area contributed by atoms with Crippen LogP contribution in [0.15, 0.2) is 0 Å². The van der Waals surface area contributed by atoms with Gasteiger partial charge in [0.1, 0.15) is 19.3 Å². The van der Waals surface area contributed by atoms with Gasteiger partial charge in [-0.1, -0.05) is 252 Å². The van der Waals surface area contributed by atoms with Crippen molar-refractivity contribution in [3.63, 3.8) is 0 Å². The molecule has 0 saturated heterocycles. The van der Waals surface area contributed by atoms with E-state index in [1.54, 1.807) is 0 Å². The number of unbranched alkanes of at least 4 members (excludes halogenated alkanes) is 35. The molecule has 0 heterocycles. The minimum atomic E-state index is -4.94. The Kier molecular flexibility index (Phi) is 53.9. The van der Waals surface area contributed by atoms with Crippen LogP contribution in [0.4, 0.5) is 0 Å². The molecule has 0 aliphatic rings. The number of ether oxygens (including phenoxy) is 4. The molecule has 19 heteroatoms. The molecule has 2 unspecified atom stereocenters. The predicted molar refractivity (Wildman–Crippen MR) is 312 cm³/mol. The third kappa shape index (κ3) is 55.0. The molecule has 0 amide bonds. The van der Waals surface area contributed by atoms with Gasteiger partial charge in [0, 0.05) is 25.7 Å². The smallest absolute Gasteiger partial charge is 0.462 e. The molecule has 0 aliphatic heterocycles. The summed E-state index contributed by atoms with van der Waals surface area (Å²) in [5, 5.41) is 10.5. The number of carbonyl (C=O) groups is 4. The lowest BCUT2D eigenvalue weighted by atomic mass is 10.0. The molecule has 0 rings (SSSR count). The number of carbonyl (C=O) groups excluding carboxylic acids is 4. The number of esters is 4. The van der Waals surface area contributed by atoms with Crippen LogP contribution in [0.1, 0.15) is 304 Å². The second kappa shape index (κ2) is 55.3. The highest BCUT2D eigenvalue weighted by atomic mass is 31.2. The Labute approximate surface area is 479 Å². The first-order valence-electron chi connectivity index (χ1n) is 31.8. The normalized spacial score (nSPS) is 14.3. The highest BCUT2D eigenvalue weighted by Gasteiger charge is 2.30. The lowest BCUT2D eigenvalue weighted by Gasteiger charge is -2.21. The van der Waals surface area contributed by atoms with Gasteiger partial charge in [0.2, 0.25) is 0 Å². The third-order valence-corrected chi connectivity index (χ3v) is 15.8. The van der Waals surface area contributed by atoms with Crippen LogP contribution in [0.2, 0.25) is 0 Å². The Hall–Kier alpha value is -1.94. The van der Waals surface area contributed by atoms with Crippen molar-refractivity contribution in [3.05, 3.63) is 0 Å². The van der Waals surface area contributed by atoms with Crippen molar-refractivity contribution < 1.29 is 80.2 Å². The molecule has 3 N–H and O–H groups in total. The fourth-order valence-corrected chi connectivity index (χ4v) is 10.5. The summed E-state index contributed by atoms with van der Waals surface area (Å²) in [6.07, 6.45) is 39.3. The number of phosphoric ester groups is 2. The minimum absolute atomic E-state index is 0.104. The number of rotatable bonds is 61. The van der Waals surface area contributed by atoms with Gasteiger partial charge in [-0.3, -0.25) is 37.3 Å². The maximum atomic E-state index is 12.9. The first-order chi connectivity index (χ1) is 38.2. The van der Waals surface area contributed by atoms with E-state index in [0.29, 0.717) is 25.7 Å². The highest BCUT2D eigenvalue weighted by molar-refractivity contribution is 7.47. The van der Waals surface area contributed by atoms with E-state index in [4.69, 9.17) is 37.0 Å². The third-order valence-electron chi connectivity index (χ3n) is 13.9. The lowest BCUT2D eigenvalue weighted by molar-refractivity contribution is -0.161. The van der Waals surface area contributed by atoms with Gasteiger partial charge in [0.25, 0.3) is 0 Å². The molecular formula is C60H116O17P2. The summed E-state index contributed by atoms with van der Waals surface area (Å²) in [7, 11) is -9.86. The standard InChI is InChI=1S/C60H116O17P2/c1-5-9-13-17-20-23-25-27-28-30-32-35-39-43-47-60(65)77-56(51-71-58(63)45-41-37-34-31-29-26-24-21-18-14-10-6-2)53-75-79(68,69)73-49-54(61)48-72-78(66,67)74-52-55(50-70-57(62)44-40-36-16-12-8-4)76-59(64)46-42-38-33-22-19-15-11-7-3/h54-56,61H,5-53H2,1-4H3,(H,66,67)(H,68,69)/t54-,55+,56+/m0/s1. The molecule has 0 aliphatic carbocycles. The molecule has 79 heavy (non-hydrogen) atoms. The molecule has 17 nitrogen and oxygen atoms in total. The van der Waals surface area contributed by atoms with Crippen LogP contribution in [0.3, 0.4) is 0 Å². The summed E-state index contributed by atoms with van der Waals surface area (Å²) in [5.41, 5.74) is 0. The fourth-order valence-electron chi connectivity index (χ4n) is 8.93. The summed E-state index contributed by atoms with van der Waals surface area (Å²) in [6, 6.07) is 0. The average Bonchev–Trinajstić information content (AvgIpc) is 3.42. The maximum Gasteiger partial charge on any atom is 0.472 e. The fraction of sp³-hybridized carbons (Fsp3) is 0.933. The Bertz CT molecular complexity index is 1540. The van der Waals surface area contributed by atoms with Crippen LogP contribution >= 0.6 is 15.6 Å². The van der Waals surface area contributed by atoms with Crippen LogP contribution in [-0.2, 0) is 65.4 Å². The molecule has 0 bridgehead atoms. The van der Waals surface area contributed by atoms with Crippen LogP contribution in [0.25, 0.3) is 0 Å². The van der Waals surface area contributed by atoms with Gasteiger partial charge in [0.15, 0.2) is 12.2 Å². The zero-order chi connectivity index (χ0) is 58.3. The van der Waals surface area contributed by atoms with Crippen LogP contribution in [0, 0.1) is 0 Å². The first-order valence-corrected chi connectivity index (χ1v) is 34.8. The predicted octanol–water partition coefficient (Wildman–Crippen LogP) is 16.4. The van der Waals surface area contributed by atoms with Crippen LogP contribution in [0.5, 0.6) is 0 Å². The van der Waals surface area contributed by atoms with Gasteiger partial charge in [-0.2, -0.15) is 0 Å². The lowest BCUT2D eigenvalue weighted by Crippen LogP contribution is -2.30. The van der Waals surface area contributed by atoms with Crippen molar-refractivity contribution in [2.75, 3.05) is 39.6 Å². The molecule has 0 radical (unpaired) electrons. The molecule has 0 saturated carbocycles. The molecule has 468 valence electrons. The van der Waals surface area contributed by atoms with E-state index in [1.807, 2.05) is 0 Å². The largest absolute Gasteiger partial charge is 0.472 e. The van der Waals surface area contributed by atoms with Crippen molar-refractivity contribution in [2.24, 2.45) is 0 Å². The van der Waals surface area contributed by atoms with Gasteiger partial charge < -0.3 is 33.8 Å². The maximum absolute atomic E-state index is 12.9. The number of aliphatic hydroxyl groups excluding tert-OH is 1. The van der Waals surface area contributed by atoms with Crippen LogP contribution in [-0.4, -0.2) is 96.7 Å². The zero-order valence-electron chi connectivity index (χ0n) is 50.3. The second-order valence-electron chi connectivity index (χ2n) is 21.7. The molecular weight excluding hydrogens is 1050 g/mol. The van der Waals surface area contributed by atoms with E-state index in [2.05, 4.69) is 27.7 Å². The summed E-state index contributed by atoms with van der Waals surface area (Å²) < 4.78 is 67.6. The Morgan fingerprint density at radius 2 is 0.506 bits per heavy atom. The number of aliphatic hydroxyl groups is 1. The van der Waals surface area contributed by atoms with E-state index in [-0.39, 0.29) is 25.7 Å². The van der Waals surface area contributed by atoms with E-state index in [0.717, 1.165) is 103 Å². The van der Waals surface area contributed by atoms with Gasteiger partial charge in [0.05, 0.1) is 26.4 Å². The minimum Gasteiger partial charge on any atom is -0.462 e.